The van der Waals surface area contributed by atoms with Crippen molar-refractivity contribution in [1.29, 1.82) is 0 Å². The number of fused-ring (bicyclic) bond motifs is 2. The van der Waals surface area contributed by atoms with Gasteiger partial charge in [-0.2, -0.15) is 0 Å². The first kappa shape index (κ1) is 16.6. The number of hydrogen-bond donors (Lipinski definition) is 2. The first-order valence-corrected chi connectivity index (χ1v) is 10.2. The third kappa shape index (κ3) is 3.41. The molecule has 0 unspecified atom stereocenters. The average molecular weight is 391 g/mol. The number of ether oxygens (including phenoxy) is 2. The fraction of sp³-hybridized carbons (Fsp3) is 0.125. The lowest BCUT2D eigenvalue weighted by atomic mass is 10.2. The van der Waals surface area contributed by atoms with Crippen molar-refractivity contribution < 1.29 is 22.7 Å². The Kier molecular flexibility index (Phi) is 3.93. The van der Waals surface area contributed by atoms with Gasteiger partial charge in [0.1, 0.15) is 0 Å². The Morgan fingerprint density at radius 2 is 1.96 bits per heavy atom. The Labute approximate surface area is 152 Å². The molecule has 8 nitrogen and oxygen atoms in total. The van der Waals surface area contributed by atoms with Gasteiger partial charge < -0.3 is 14.8 Å². The van der Waals surface area contributed by atoms with Crippen LogP contribution in [0.15, 0.2) is 36.4 Å². The van der Waals surface area contributed by atoms with Crippen molar-refractivity contribution in [2.75, 3.05) is 23.1 Å². The van der Waals surface area contributed by atoms with Crippen LogP contribution in [-0.4, -0.2) is 32.4 Å². The van der Waals surface area contributed by atoms with Crippen molar-refractivity contribution >= 4 is 48.3 Å². The molecular weight excluding hydrogens is 378 g/mol. The summed E-state index contributed by atoms with van der Waals surface area (Å²) in [7, 11) is -3.40. The molecule has 0 spiro atoms. The molecule has 10 heteroatoms. The fourth-order valence-corrected chi connectivity index (χ4v) is 4.19. The van der Waals surface area contributed by atoms with E-state index in [4.69, 9.17) is 9.47 Å². The van der Waals surface area contributed by atoms with Gasteiger partial charge in [-0.25, -0.2) is 13.4 Å². The standard InChI is InChI=1S/C16H13N3O5S2/c1-26(21,22)19-16-18-11-4-2-9(6-14(11)25-16)15(20)17-10-3-5-12-13(7-10)24-8-23-12/h2-7H,8H2,1H3,(H,17,20)(H,18,19). The molecule has 2 aromatic carbocycles. The van der Waals surface area contributed by atoms with E-state index in [2.05, 4.69) is 15.0 Å². The highest BCUT2D eigenvalue weighted by Gasteiger charge is 2.15. The van der Waals surface area contributed by atoms with Gasteiger partial charge in [-0.3, -0.25) is 9.52 Å². The molecule has 1 aliphatic rings. The summed E-state index contributed by atoms with van der Waals surface area (Å²) in [4.78, 5) is 16.7. The second-order valence-corrected chi connectivity index (χ2v) is 8.38. The molecule has 134 valence electrons. The number of nitrogens with zero attached hydrogens (tertiary/aromatic N) is 1. The number of carbonyl (C=O) groups excluding carboxylic acids is 1. The molecule has 1 aliphatic heterocycles. The van der Waals surface area contributed by atoms with Crippen molar-refractivity contribution in [3.05, 3.63) is 42.0 Å². The van der Waals surface area contributed by atoms with Crippen LogP contribution in [0.5, 0.6) is 11.5 Å². The Bertz CT molecular complexity index is 1120. The summed E-state index contributed by atoms with van der Waals surface area (Å²) in [6, 6.07) is 10.1. The van der Waals surface area contributed by atoms with Gasteiger partial charge in [-0.15, -0.1) is 0 Å². The molecule has 0 aliphatic carbocycles. The zero-order valence-corrected chi connectivity index (χ0v) is 15.1. The summed E-state index contributed by atoms with van der Waals surface area (Å²) in [6.45, 7) is 0.165. The maximum Gasteiger partial charge on any atom is 0.255 e. The van der Waals surface area contributed by atoms with Crippen molar-refractivity contribution in [3.8, 4) is 11.5 Å². The van der Waals surface area contributed by atoms with Gasteiger partial charge in [-0.05, 0) is 30.3 Å². The summed E-state index contributed by atoms with van der Waals surface area (Å²) in [5.74, 6) is 0.925. The number of hydrogen-bond acceptors (Lipinski definition) is 7. The number of anilines is 2. The topological polar surface area (TPSA) is 107 Å². The predicted octanol–water partition coefficient (Wildman–Crippen LogP) is 2.65. The van der Waals surface area contributed by atoms with Gasteiger partial charge in [0.2, 0.25) is 16.8 Å². The van der Waals surface area contributed by atoms with Crippen LogP contribution in [0.1, 0.15) is 10.4 Å². The van der Waals surface area contributed by atoms with Crippen LogP contribution in [-0.2, 0) is 10.0 Å². The first-order chi connectivity index (χ1) is 12.4. The number of amides is 1. The summed E-state index contributed by atoms with van der Waals surface area (Å²) >= 11 is 1.16. The van der Waals surface area contributed by atoms with Crippen molar-refractivity contribution in [1.82, 2.24) is 4.98 Å². The number of sulfonamides is 1. The normalized spacial score (nSPS) is 13.0. The van der Waals surface area contributed by atoms with Gasteiger partial charge in [0, 0.05) is 17.3 Å². The minimum Gasteiger partial charge on any atom is -0.454 e. The lowest BCUT2D eigenvalue weighted by Gasteiger charge is -2.06. The third-order valence-corrected chi connectivity index (χ3v) is 5.18. The molecule has 0 saturated heterocycles. The van der Waals surface area contributed by atoms with E-state index < -0.39 is 10.0 Å². The zero-order chi connectivity index (χ0) is 18.3. The van der Waals surface area contributed by atoms with Gasteiger partial charge in [0.25, 0.3) is 5.91 Å². The Morgan fingerprint density at radius 1 is 1.15 bits per heavy atom. The van der Waals surface area contributed by atoms with Crippen LogP contribution in [0, 0.1) is 0 Å². The van der Waals surface area contributed by atoms with Crippen LogP contribution >= 0.6 is 11.3 Å². The lowest BCUT2D eigenvalue weighted by Crippen LogP contribution is -2.11. The highest BCUT2D eigenvalue weighted by molar-refractivity contribution is 7.92. The molecule has 0 radical (unpaired) electrons. The van der Waals surface area contributed by atoms with Crippen LogP contribution < -0.4 is 19.5 Å². The minimum atomic E-state index is -3.40. The third-order valence-electron chi connectivity index (χ3n) is 3.55. The number of carbonyl (C=O) groups is 1. The Morgan fingerprint density at radius 3 is 2.77 bits per heavy atom. The van der Waals surface area contributed by atoms with Gasteiger partial charge >= 0.3 is 0 Å². The fourth-order valence-electron chi connectivity index (χ4n) is 2.45. The van der Waals surface area contributed by atoms with E-state index in [1.807, 2.05) is 0 Å². The van der Waals surface area contributed by atoms with E-state index in [0.29, 0.717) is 33.0 Å². The van der Waals surface area contributed by atoms with Gasteiger partial charge in [0.05, 0.1) is 16.5 Å². The van der Waals surface area contributed by atoms with Gasteiger partial charge in [0.15, 0.2) is 16.6 Å². The zero-order valence-electron chi connectivity index (χ0n) is 13.5. The van der Waals surface area contributed by atoms with Crippen molar-refractivity contribution in [3.63, 3.8) is 0 Å². The highest BCUT2D eigenvalue weighted by Crippen LogP contribution is 2.34. The summed E-state index contributed by atoms with van der Waals surface area (Å²) in [5.41, 5.74) is 1.63. The Hall–Kier alpha value is -2.85. The van der Waals surface area contributed by atoms with E-state index >= 15 is 0 Å². The maximum atomic E-state index is 12.5. The van der Waals surface area contributed by atoms with E-state index in [9.17, 15) is 13.2 Å². The highest BCUT2D eigenvalue weighted by atomic mass is 32.2. The quantitative estimate of drug-likeness (QED) is 0.708. The van der Waals surface area contributed by atoms with Crippen molar-refractivity contribution in [2.24, 2.45) is 0 Å². The van der Waals surface area contributed by atoms with Crippen LogP contribution in [0.2, 0.25) is 0 Å². The molecule has 4 rings (SSSR count). The lowest BCUT2D eigenvalue weighted by molar-refractivity contribution is 0.102. The van der Waals surface area contributed by atoms with E-state index in [-0.39, 0.29) is 17.8 Å². The van der Waals surface area contributed by atoms with E-state index in [0.717, 1.165) is 17.6 Å². The first-order valence-electron chi connectivity index (χ1n) is 7.47. The van der Waals surface area contributed by atoms with Gasteiger partial charge in [-0.1, -0.05) is 11.3 Å². The monoisotopic (exact) mass is 391 g/mol. The SMILES string of the molecule is CS(=O)(=O)Nc1nc2ccc(C(=O)Nc3ccc4c(c3)OCO4)cc2s1. The van der Waals surface area contributed by atoms with Crippen LogP contribution in [0.25, 0.3) is 10.2 Å². The molecule has 0 atom stereocenters. The van der Waals surface area contributed by atoms with Crippen LogP contribution in [0.3, 0.4) is 0 Å². The predicted molar refractivity (Wildman–Crippen MR) is 98.6 cm³/mol. The van der Waals surface area contributed by atoms with E-state index in [1.54, 1.807) is 36.4 Å². The molecule has 0 saturated carbocycles. The second-order valence-electron chi connectivity index (χ2n) is 5.60. The van der Waals surface area contributed by atoms with Crippen molar-refractivity contribution in [2.45, 2.75) is 0 Å². The molecule has 2 N–H and O–H groups in total. The molecule has 26 heavy (non-hydrogen) atoms. The number of thiazole rings is 1. The largest absolute Gasteiger partial charge is 0.454 e. The number of benzene rings is 2. The molecule has 0 fully saturated rings. The molecular formula is C16H13N3O5S2. The average Bonchev–Trinajstić information content (AvgIpc) is 3.17. The minimum absolute atomic E-state index is 0.165. The summed E-state index contributed by atoms with van der Waals surface area (Å²) < 4.78 is 36.2. The number of nitrogens with one attached hydrogen (secondary N) is 2. The molecule has 0 bridgehead atoms. The Balaban J connectivity index is 1.56. The molecule has 1 amide bonds. The molecule has 3 aromatic rings. The summed E-state index contributed by atoms with van der Waals surface area (Å²) in [5, 5.41) is 3.06. The number of aromatic nitrogens is 1. The summed E-state index contributed by atoms with van der Waals surface area (Å²) in [6.07, 6.45) is 1.06. The molecule has 1 aromatic heterocycles. The molecule has 2 heterocycles. The van der Waals surface area contributed by atoms with Crippen LogP contribution in [0.4, 0.5) is 10.8 Å². The number of rotatable bonds is 4. The second kappa shape index (κ2) is 6.15. The maximum absolute atomic E-state index is 12.5. The van der Waals surface area contributed by atoms with E-state index in [1.165, 1.54) is 0 Å². The smallest absolute Gasteiger partial charge is 0.255 e.